The Hall–Kier alpha value is -2.09. The predicted molar refractivity (Wildman–Crippen MR) is 87.0 cm³/mol. The Morgan fingerprint density at radius 2 is 1.62 bits per heavy atom. The Balaban J connectivity index is 2.67. The molecule has 2 aromatic rings. The van der Waals surface area contributed by atoms with Crippen molar-refractivity contribution in [2.24, 2.45) is 0 Å². The lowest BCUT2D eigenvalue weighted by molar-refractivity contribution is 0.0697. The van der Waals surface area contributed by atoms with E-state index >= 15 is 0 Å². The maximum absolute atomic E-state index is 11.5. The summed E-state index contributed by atoms with van der Waals surface area (Å²) >= 11 is 0. The fraction of sp³-hybridized carbons (Fsp3) is 0.316. The van der Waals surface area contributed by atoms with Gasteiger partial charge in [-0.15, -0.1) is 0 Å². The third kappa shape index (κ3) is 3.15. The Morgan fingerprint density at radius 3 is 2.19 bits per heavy atom. The molecule has 2 nitrogen and oxygen atoms in total. The van der Waals surface area contributed by atoms with Crippen LogP contribution in [0, 0.1) is 13.8 Å². The zero-order valence-electron chi connectivity index (χ0n) is 13.3. The molecule has 0 aliphatic heterocycles. The van der Waals surface area contributed by atoms with Crippen molar-refractivity contribution in [3.63, 3.8) is 0 Å². The highest BCUT2D eigenvalue weighted by Gasteiger charge is 2.17. The van der Waals surface area contributed by atoms with Crippen LogP contribution in [0.3, 0.4) is 0 Å². The Bertz CT molecular complexity index is 691. The standard InChI is InChI=1S/C19H22O2/c1-12-9-16(17(18(20)21)10-13(12)2)14-7-6-8-15(11-14)19(3,4)5/h6-11H,1-5H3,(H,20,21). The molecule has 0 aliphatic carbocycles. The van der Waals surface area contributed by atoms with Gasteiger partial charge in [-0.25, -0.2) is 4.79 Å². The van der Waals surface area contributed by atoms with Crippen molar-refractivity contribution in [3.8, 4) is 11.1 Å². The Labute approximate surface area is 126 Å². The second-order valence-corrected chi connectivity index (χ2v) is 6.62. The minimum Gasteiger partial charge on any atom is -0.478 e. The number of hydrogen-bond donors (Lipinski definition) is 1. The minimum atomic E-state index is -0.880. The van der Waals surface area contributed by atoms with Crippen molar-refractivity contribution >= 4 is 5.97 Å². The van der Waals surface area contributed by atoms with Crippen molar-refractivity contribution in [2.75, 3.05) is 0 Å². The van der Waals surface area contributed by atoms with Gasteiger partial charge in [0.1, 0.15) is 0 Å². The zero-order valence-corrected chi connectivity index (χ0v) is 13.3. The van der Waals surface area contributed by atoms with E-state index in [9.17, 15) is 9.90 Å². The molecule has 0 radical (unpaired) electrons. The van der Waals surface area contributed by atoms with E-state index in [-0.39, 0.29) is 5.41 Å². The summed E-state index contributed by atoms with van der Waals surface area (Å²) in [5.74, 6) is -0.880. The number of benzene rings is 2. The summed E-state index contributed by atoms with van der Waals surface area (Å²) < 4.78 is 0. The normalized spacial score (nSPS) is 11.5. The van der Waals surface area contributed by atoms with Crippen LogP contribution in [0.5, 0.6) is 0 Å². The van der Waals surface area contributed by atoms with E-state index in [2.05, 4.69) is 32.9 Å². The summed E-state index contributed by atoms with van der Waals surface area (Å²) in [5, 5.41) is 9.47. The average Bonchev–Trinajstić information content (AvgIpc) is 2.40. The number of carboxylic acid groups (broad SMARTS) is 1. The second kappa shape index (κ2) is 5.36. The molecular weight excluding hydrogens is 260 g/mol. The van der Waals surface area contributed by atoms with Crippen LogP contribution < -0.4 is 0 Å². The molecule has 2 aromatic carbocycles. The summed E-state index contributed by atoms with van der Waals surface area (Å²) in [6.07, 6.45) is 0. The van der Waals surface area contributed by atoms with Gasteiger partial charge in [0.25, 0.3) is 0 Å². The molecule has 2 rings (SSSR count). The van der Waals surface area contributed by atoms with Crippen molar-refractivity contribution in [1.82, 2.24) is 0 Å². The maximum Gasteiger partial charge on any atom is 0.336 e. The van der Waals surface area contributed by atoms with Crippen LogP contribution >= 0.6 is 0 Å². The van der Waals surface area contributed by atoms with Crippen molar-refractivity contribution in [3.05, 3.63) is 58.7 Å². The lowest BCUT2D eigenvalue weighted by atomic mass is 9.84. The van der Waals surface area contributed by atoms with Gasteiger partial charge in [-0.1, -0.05) is 51.1 Å². The number of aromatic carboxylic acids is 1. The number of carboxylic acids is 1. The molecule has 0 aromatic heterocycles. The topological polar surface area (TPSA) is 37.3 Å². The van der Waals surface area contributed by atoms with E-state index in [4.69, 9.17) is 0 Å². The minimum absolute atomic E-state index is 0.0408. The smallest absolute Gasteiger partial charge is 0.336 e. The largest absolute Gasteiger partial charge is 0.478 e. The van der Waals surface area contributed by atoms with Crippen LogP contribution in [0.15, 0.2) is 36.4 Å². The van der Waals surface area contributed by atoms with Crippen LogP contribution in [0.4, 0.5) is 0 Å². The third-order valence-corrected chi connectivity index (χ3v) is 3.90. The van der Waals surface area contributed by atoms with Gasteiger partial charge in [-0.05, 0) is 53.1 Å². The fourth-order valence-corrected chi connectivity index (χ4v) is 2.39. The highest BCUT2D eigenvalue weighted by atomic mass is 16.4. The third-order valence-electron chi connectivity index (χ3n) is 3.90. The SMILES string of the molecule is Cc1cc(C(=O)O)c(-c2cccc(C(C)(C)C)c2)cc1C. The van der Waals surface area contributed by atoms with Gasteiger partial charge in [0.05, 0.1) is 5.56 Å². The maximum atomic E-state index is 11.5. The van der Waals surface area contributed by atoms with E-state index < -0.39 is 5.97 Å². The molecule has 0 spiro atoms. The number of hydrogen-bond acceptors (Lipinski definition) is 1. The van der Waals surface area contributed by atoms with E-state index in [0.717, 1.165) is 22.3 Å². The van der Waals surface area contributed by atoms with Gasteiger partial charge < -0.3 is 5.11 Å². The molecular formula is C19H22O2. The number of rotatable bonds is 2. The van der Waals surface area contributed by atoms with Crippen molar-refractivity contribution < 1.29 is 9.90 Å². The zero-order chi connectivity index (χ0) is 15.8. The molecule has 0 bridgehead atoms. The molecule has 110 valence electrons. The molecule has 0 heterocycles. The molecule has 0 saturated carbocycles. The molecule has 21 heavy (non-hydrogen) atoms. The first-order valence-electron chi connectivity index (χ1n) is 7.15. The van der Waals surface area contributed by atoms with E-state index in [1.165, 1.54) is 5.56 Å². The van der Waals surface area contributed by atoms with Gasteiger partial charge >= 0.3 is 5.97 Å². The lowest BCUT2D eigenvalue weighted by Gasteiger charge is -2.20. The van der Waals surface area contributed by atoms with Crippen LogP contribution in [0.25, 0.3) is 11.1 Å². The Morgan fingerprint density at radius 1 is 1.00 bits per heavy atom. The second-order valence-electron chi connectivity index (χ2n) is 6.62. The summed E-state index contributed by atoms with van der Waals surface area (Å²) in [6.45, 7) is 10.4. The number of carbonyl (C=O) groups is 1. The molecule has 1 N–H and O–H groups in total. The first kappa shape index (κ1) is 15.3. The van der Waals surface area contributed by atoms with Crippen LogP contribution in [0.2, 0.25) is 0 Å². The first-order chi connectivity index (χ1) is 9.70. The average molecular weight is 282 g/mol. The summed E-state index contributed by atoms with van der Waals surface area (Å²) in [5.41, 5.74) is 5.47. The van der Waals surface area contributed by atoms with Crippen molar-refractivity contribution in [2.45, 2.75) is 40.0 Å². The van der Waals surface area contributed by atoms with Gasteiger partial charge in [0.2, 0.25) is 0 Å². The quantitative estimate of drug-likeness (QED) is 0.844. The summed E-state index contributed by atoms with van der Waals surface area (Å²) in [6, 6.07) is 11.9. The molecule has 0 amide bonds. The van der Waals surface area contributed by atoms with Gasteiger partial charge in [0.15, 0.2) is 0 Å². The fourth-order valence-electron chi connectivity index (χ4n) is 2.39. The number of aryl methyl sites for hydroxylation is 2. The first-order valence-corrected chi connectivity index (χ1v) is 7.15. The van der Waals surface area contributed by atoms with Crippen LogP contribution in [-0.4, -0.2) is 11.1 Å². The van der Waals surface area contributed by atoms with Gasteiger partial charge in [-0.3, -0.25) is 0 Å². The summed E-state index contributed by atoms with van der Waals surface area (Å²) in [7, 11) is 0. The van der Waals surface area contributed by atoms with Gasteiger partial charge in [0, 0.05) is 0 Å². The highest BCUT2D eigenvalue weighted by molar-refractivity contribution is 5.96. The highest BCUT2D eigenvalue weighted by Crippen LogP contribution is 2.31. The molecule has 0 saturated heterocycles. The lowest BCUT2D eigenvalue weighted by Crippen LogP contribution is -2.11. The van der Waals surface area contributed by atoms with Gasteiger partial charge in [-0.2, -0.15) is 0 Å². The Kier molecular flexibility index (Phi) is 3.91. The van der Waals surface area contributed by atoms with E-state index in [1.54, 1.807) is 6.07 Å². The van der Waals surface area contributed by atoms with Crippen LogP contribution in [-0.2, 0) is 5.41 Å². The molecule has 0 atom stereocenters. The van der Waals surface area contributed by atoms with E-state index in [1.807, 2.05) is 32.0 Å². The summed E-state index contributed by atoms with van der Waals surface area (Å²) in [4.78, 5) is 11.5. The molecule has 0 fully saturated rings. The van der Waals surface area contributed by atoms with Crippen LogP contribution in [0.1, 0.15) is 47.8 Å². The molecule has 2 heteroatoms. The molecule has 0 unspecified atom stereocenters. The monoisotopic (exact) mass is 282 g/mol. The van der Waals surface area contributed by atoms with Crippen molar-refractivity contribution in [1.29, 1.82) is 0 Å². The predicted octanol–water partition coefficient (Wildman–Crippen LogP) is 4.97. The van der Waals surface area contributed by atoms with E-state index in [0.29, 0.717) is 5.56 Å². The molecule has 0 aliphatic rings.